The van der Waals surface area contributed by atoms with Gasteiger partial charge >= 0.3 is 5.97 Å². The molecule has 0 radical (unpaired) electrons. The maximum atomic E-state index is 10.8. The van der Waals surface area contributed by atoms with Gasteiger partial charge < -0.3 is 9.84 Å². The van der Waals surface area contributed by atoms with Crippen LogP contribution in [0.3, 0.4) is 0 Å². The normalized spacial score (nSPS) is 36.1. The summed E-state index contributed by atoms with van der Waals surface area (Å²) in [6.07, 6.45) is 6.45. The topological polar surface area (TPSA) is 58.9 Å². The number of rotatable bonds is 6. The van der Waals surface area contributed by atoms with Crippen LogP contribution in [0.15, 0.2) is 35.3 Å². The molecule has 1 aromatic carbocycles. The molecule has 2 saturated heterocycles. The third-order valence-corrected chi connectivity index (χ3v) is 7.79. The van der Waals surface area contributed by atoms with Crippen LogP contribution in [0.4, 0.5) is 0 Å². The molecule has 1 saturated carbocycles. The first-order valence-corrected chi connectivity index (χ1v) is 10.6. The van der Waals surface area contributed by atoms with Crippen LogP contribution in [0.5, 0.6) is 0 Å². The van der Waals surface area contributed by atoms with Crippen molar-refractivity contribution in [2.45, 2.75) is 68.1 Å². The molecule has 3 fully saturated rings. The quantitative estimate of drug-likeness (QED) is 0.796. The number of fused-ring (bicyclic) bond motifs is 3. The van der Waals surface area contributed by atoms with Crippen LogP contribution in [0.25, 0.3) is 0 Å². The summed E-state index contributed by atoms with van der Waals surface area (Å²) in [5.41, 5.74) is 2.52. The highest BCUT2D eigenvalue weighted by molar-refractivity contribution is 8.01. The minimum Gasteiger partial charge on any atom is -0.481 e. The molecule has 2 unspecified atom stereocenters. The van der Waals surface area contributed by atoms with E-state index in [-0.39, 0.29) is 22.8 Å². The second kappa shape index (κ2) is 7.01. The van der Waals surface area contributed by atoms with Gasteiger partial charge in [0.2, 0.25) is 0 Å². The Hall–Kier alpha value is -1.33. The smallest absolute Gasteiger partial charge is 0.303 e. The molecular weight excluding hydrogens is 346 g/mol. The van der Waals surface area contributed by atoms with Crippen molar-refractivity contribution in [2.24, 2.45) is 10.4 Å². The van der Waals surface area contributed by atoms with Gasteiger partial charge in [0.05, 0.1) is 28.5 Å². The molecule has 26 heavy (non-hydrogen) atoms. The Morgan fingerprint density at radius 3 is 2.62 bits per heavy atom. The zero-order valence-corrected chi connectivity index (χ0v) is 16.1. The molecule has 4 aliphatic rings. The molecule has 3 heterocycles. The lowest BCUT2D eigenvalue weighted by Crippen LogP contribution is -2.57. The van der Waals surface area contributed by atoms with Gasteiger partial charge in [-0.2, -0.15) is 0 Å². The Labute approximate surface area is 159 Å². The van der Waals surface area contributed by atoms with E-state index in [0.717, 1.165) is 45.1 Å². The van der Waals surface area contributed by atoms with E-state index in [2.05, 4.69) is 31.2 Å². The molecule has 140 valence electrons. The Balaban J connectivity index is 1.48. The average Bonchev–Trinajstić information content (AvgIpc) is 3.06. The molecule has 2 atom stereocenters. The maximum Gasteiger partial charge on any atom is 0.303 e. The first kappa shape index (κ1) is 18.1. The van der Waals surface area contributed by atoms with Gasteiger partial charge in [0, 0.05) is 6.42 Å². The van der Waals surface area contributed by atoms with Crippen LogP contribution < -0.4 is 0 Å². The molecule has 0 spiro atoms. The second-order valence-electron chi connectivity index (χ2n) is 8.10. The fourth-order valence-electron chi connectivity index (χ4n) is 4.83. The third-order valence-electron chi connectivity index (χ3n) is 6.37. The molecule has 3 aliphatic heterocycles. The first-order chi connectivity index (χ1) is 12.5. The standard InChI is InChI=1S/C21H27NO3S/c1-15-22-18(16-6-3-2-4-7-16)19(26-15)21-12-10-20(11-13-21,14-25-21)9-5-8-17(23)24/h2-4,6-7,15,19H,5,8-14H2,1H3,(H,23,24). The van der Waals surface area contributed by atoms with Gasteiger partial charge in [-0.15, -0.1) is 11.8 Å². The minimum absolute atomic E-state index is 0.0986. The van der Waals surface area contributed by atoms with Gasteiger partial charge in [-0.3, -0.25) is 9.79 Å². The minimum atomic E-state index is -0.691. The molecule has 5 heteroatoms. The number of ether oxygens (including phenoxy) is 1. The lowest BCUT2D eigenvalue weighted by molar-refractivity contribution is -0.179. The van der Waals surface area contributed by atoms with Crippen LogP contribution in [0, 0.1) is 5.41 Å². The predicted octanol–water partition coefficient (Wildman–Crippen LogP) is 4.52. The summed E-state index contributed by atoms with van der Waals surface area (Å²) in [7, 11) is 0. The molecule has 1 aromatic rings. The van der Waals surface area contributed by atoms with E-state index < -0.39 is 5.97 Å². The van der Waals surface area contributed by atoms with E-state index in [1.807, 2.05) is 17.8 Å². The van der Waals surface area contributed by atoms with Crippen molar-refractivity contribution < 1.29 is 14.6 Å². The van der Waals surface area contributed by atoms with Gasteiger partial charge in [0.15, 0.2) is 0 Å². The highest BCUT2D eigenvalue weighted by atomic mass is 32.2. The van der Waals surface area contributed by atoms with Gasteiger partial charge in [0.1, 0.15) is 0 Å². The van der Waals surface area contributed by atoms with Crippen LogP contribution >= 0.6 is 11.8 Å². The third kappa shape index (κ3) is 3.31. The van der Waals surface area contributed by atoms with Crippen molar-refractivity contribution in [1.82, 2.24) is 0 Å². The highest BCUT2D eigenvalue weighted by Crippen LogP contribution is 2.56. The summed E-state index contributed by atoms with van der Waals surface area (Å²) in [5.74, 6) is -0.691. The van der Waals surface area contributed by atoms with Crippen molar-refractivity contribution in [1.29, 1.82) is 0 Å². The van der Waals surface area contributed by atoms with Gasteiger partial charge in [-0.1, -0.05) is 30.3 Å². The number of benzene rings is 1. The average molecular weight is 374 g/mol. The fourth-order valence-corrected chi connectivity index (χ4v) is 6.27. The zero-order chi connectivity index (χ0) is 18.2. The Bertz CT molecular complexity index is 678. The van der Waals surface area contributed by atoms with E-state index in [1.54, 1.807) is 0 Å². The summed E-state index contributed by atoms with van der Waals surface area (Å²) in [6, 6.07) is 10.5. The zero-order valence-electron chi connectivity index (χ0n) is 15.3. The number of aliphatic imine (C=N–C) groups is 1. The number of hydrogen-bond acceptors (Lipinski definition) is 4. The predicted molar refractivity (Wildman–Crippen MR) is 105 cm³/mol. The second-order valence-corrected chi connectivity index (χ2v) is 9.52. The van der Waals surface area contributed by atoms with E-state index in [4.69, 9.17) is 14.8 Å². The summed E-state index contributed by atoms with van der Waals surface area (Å²) in [5, 5.41) is 9.49. The molecule has 5 rings (SSSR count). The monoisotopic (exact) mass is 373 g/mol. The number of aliphatic carboxylic acids is 1. The summed E-state index contributed by atoms with van der Waals surface area (Å²) < 4.78 is 6.56. The van der Waals surface area contributed by atoms with Crippen LogP contribution in [-0.4, -0.2) is 39.6 Å². The van der Waals surface area contributed by atoms with Crippen LogP contribution in [0.2, 0.25) is 0 Å². The van der Waals surface area contributed by atoms with Gasteiger partial charge in [-0.05, 0) is 56.4 Å². The molecule has 0 aromatic heterocycles. The number of hydrogen-bond donors (Lipinski definition) is 1. The number of nitrogens with zero attached hydrogens (tertiary/aromatic N) is 1. The number of thioether (sulfide) groups is 1. The van der Waals surface area contributed by atoms with Crippen molar-refractivity contribution in [2.75, 3.05) is 6.61 Å². The number of carboxylic acid groups (broad SMARTS) is 1. The molecule has 4 nitrogen and oxygen atoms in total. The Morgan fingerprint density at radius 2 is 2.00 bits per heavy atom. The van der Waals surface area contributed by atoms with E-state index in [1.165, 1.54) is 11.3 Å². The Kier molecular flexibility index (Phi) is 4.86. The Morgan fingerprint density at radius 1 is 1.27 bits per heavy atom. The lowest BCUT2D eigenvalue weighted by atomic mass is 9.62. The van der Waals surface area contributed by atoms with Crippen molar-refractivity contribution >= 4 is 23.4 Å². The van der Waals surface area contributed by atoms with Crippen LogP contribution in [-0.2, 0) is 9.53 Å². The molecule has 1 aliphatic carbocycles. The molecule has 0 amide bonds. The van der Waals surface area contributed by atoms with E-state index >= 15 is 0 Å². The summed E-state index contributed by atoms with van der Waals surface area (Å²) in [6.45, 7) is 2.95. The summed E-state index contributed by atoms with van der Waals surface area (Å²) >= 11 is 1.94. The number of carboxylic acids is 1. The highest BCUT2D eigenvalue weighted by Gasteiger charge is 2.55. The summed E-state index contributed by atoms with van der Waals surface area (Å²) in [4.78, 5) is 15.8. The van der Waals surface area contributed by atoms with Gasteiger partial charge in [0.25, 0.3) is 0 Å². The first-order valence-electron chi connectivity index (χ1n) is 9.66. The largest absolute Gasteiger partial charge is 0.481 e. The molecule has 1 N–H and O–H groups in total. The van der Waals surface area contributed by atoms with Crippen molar-refractivity contribution in [3.8, 4) is 0 Å². The molecule has 2 bridgehead atoms. The fraction of sp³-hybridized carbons (Fsp3) is 0.619. The SMILES string of the molecule is CC1N=C(c2ccccc2)C(C23CCC(CCCC(=O)O)(CC2)CO3)S1. The van der Waals surface area contributed by atoms with Crippen molar-refractivity contribution in [3.05, 3.63) is 35.9 Å². The van der Waals surface area contributed by atoms with E-state index in [0.29, 0.717) is 5.25 Å². The molecular formula is C21H27NO3S. The van der Waals surface area contributed by atoms with Crippen molar-refractivity contribution in [3.63, 3.8) is 0 Å². The maximum absolute atomic E-state index is 10.8. The van der Waals surface area contributed by atoms with Gasteiger partial charge in [-0.25, -0.2) is 0 Å². The van der Waals surface area contributed by atoms with E-state index in [9.17, 15) is 4.79 Å². The lowest BCUT2D eigenvalue weighted by Gasteiger charge is -2.55. The number of carbonyl (C=O) groups is 1. The van der Waals surface area contributed by atoms with Crippen LogP contribution in [0.1, 0.15) is 57.4 Å².